The molecular weight excluding hydrogens is 228 g/mol. The molecule has 1 aromatic carbocycles. The lowest BCUT2D eigenvalue weighted by Gasteiger charge is -2.33. The van der Waals surface area contributed by atoms with Crippen LogP contribution in [0.2, 0.25) is 0 Å². The number of aliphatic hydroxyl groups excluding tert-OH is 1. The van der Waals surface area contributed by atoms with Gasteiger partial charge >= 0.3 is 0 Å². The molecule has 0 aromatic heterocycles. The van der Waals surface area contributed by atoms with Crippen LogP contribution in [0.15, 0.2) is 24.3 Å². The molecule has 1 aromatic rings. The van der Waals surface area contributed by atoms with Gasteiger partial charge < -0.3 is 15.6 Å². The highest BCUT2D eigenvalue weighted by Gasteiger charge is 2.21. The third-order valence-corrected chi connectivity index (χ3v) is 3.30. The monoisotopic (exact) mass is 252 g/mol. The molecule has 0 aliphatic heterocycles. The van der Waals surface area contributed by atoms with E-state index in [1.807, 2.05) is 45.2 Å². The Balaban J connectivity index is 2.47. The van der Waals surface area contributed by atoms with Gasteiger partial charge in [0.05, 0.1) is 6.61 Å². The summed E-state index contributed by atoms with van der Waals surface area (Å²) in [6.07, 6.45) is 0. The molecule has 0 saturated carbocycles. The Labute approximate surface area is 109 Å². The molecule has 18 heavy (non-hydrogen) atoms. The fourth-order valence-corrected chi connectivity index (χ4v) is 1.53. The standard InChI is InChI=1S/C14H24N2O2/c1-14(2,11-17)16(3)8-9-18-13-7-5-4-6-12(13)10-15/h4-7,17H,8-11,15H2,1-3H3. The van der Waals surface area contributed by atoms with E-state index >= 15 is 0 Å². The van der Waals surface area contributed by atoms with Crippen molar-refractivity contribution in [3.63, 3.8) is 0 Å². The molecule has 4 heteroatoms. The van der Waals surface area contributed by atoms with E-state index in [2.05, 4.69) is 4.90 Å². The van der Waals surface area contributed by atoms with Crippen LogP contribution >= 0.6 is 0 Å². The van der Waals surface area contributed by atoms with E-state index < -0.39 is 0 Å². The Morgan fingerprint density at radius 3 is 2.61 bits per heavy atom. The second kappa shape index (κ2) is 6.73. The summed E-state index contributed by atoms with van der Waals surface area (Å²) in [4.78, 5) is 2.08. The predicted molar refractivity (Wildman–Crippen MR) is 73.6 cm³/mol. The molecule has 0 radical (unpaired) electrons. The van der Waals surface area contributed by atoms with Gasteiger partial charge in [0.25, 0.3) is 0 Å². The molecule has 4 nitrogen and oxygen atoms in total. The number of ether oxygens (including phenoxy) is 1. The number of rotatable bonds is 7. The SMILES string of the molecule is CN(CCOc1ccccc1CN)C(C)(C)CO. The van der Waals surface area contributed by atoms with Crippen LogP contribution in [0.5, 0.6) is 5.75 Å². The summed E-state index contributed by atoms with van der Waals surface area (Å²) in [5.74, 6) is 0.843. The number of nitrogens with two attached hydrogens (primary N) is 1. The maximum Gasteiger partial charge on any atom is 0.123 e. The highest BCUT2D eigenvalue weighted by atomic mass is 16.5. The lowest BCUT2D eigenvalue weighted by atomic mass is 10.1. The minimum absolute atomic E-state index is 0.128. The molecule has 3 N–H and O–H groups in total. The van der Waals surface area contributed by atoms with Crippen molar-refractivity contribution in [2.75, 3.05) is 26.8 Å². The maximum absolute atomic E-state index is 9.26. The van der Waals surface area contributed by atoms with E-state index in [-0.39, 0.29) is 12.1 Å². The Morgan fingerprint density at radius 1 is 1.33 bits per heavy atom. The summed E-state index contributed by atoms with van der Waals surface area (Å²) < 4.78 is 5.74. The minimum atomic E-state index is -0.225. The lowest BCUT2D eigenvalue weighted by molar-refractivity contribution is 0.0677. The van der Waals surface area contributed by atoms with Crippen LogP contribution in [0.1, 0.15) is 19.4 Å². The van der Waals surface area contributed by atoms with Gasteiger partial charge in [0.1, 0.15) is 12.4 Å². The molecule has 0 bridgehead atoms. The summed E-state index contributed by atoms with van der Waals surface area (Å²) in [6.45, 7) is 5.95. The first-order valence-electron chi connectivity index (χ1n) is 6.24. The third kappa shape index (κ3) is 3.98. The minimum Gasteiger partial charge on any atom is -0.492 e. The Hall–Kier alpha value is -1.10. The van der Waals surface area contributed by atoms with Gasteiger partial charge in [0.2, 0.25) is 0 Å². The maximum atomic E-state index is 9.26. The number of aliphatic hydroxyl groups is 1. The molecule has 0 spiro atoms. The van der Waals surface area contributed by atoms with Crippen LogP contribution in [0, 0.1) is 0 Å². The van der Waals surface area contributed by atoms with E-state index in [9.17, 15) is 5.11 Å². The molecule has 0 aliphatic rings. The predicted octanol–water partition coefficient (Wildman–Crippen LogP) is 1.23. The molecule has 0 amide bonds. The number of likely N-dealkylation sites (N-methyl/N-ethyl adjacent to an activating group) is 1. The van der Waals surface area contributed by atoms with Crippen LogP contribution in [0.3, 0.4) is 0 Å². The molecule has 0 atom stereocenters. The third-order valence-electron chi connectivity index (χ3n) is 3.30. The molecule has 1 rings (SSSR count). The Kier molecular flexibility index (Phi) is 5.59. The first-order chi connectivity index (χ1) is 8.51. The fourth-order valence-electron chi connectivity index (χ4n) is 1.53. The first kappa shape index (κ1) is 15.0. The molecule has 0 heterocycles. The van der Waals surface area contributed by atoms with Crippen molar-refractivity contribution < 1.29 is 9.84 Å². The van der Waals surface area contributed by atoms with Gasteiger partial charge in [-0.05, 0) is 27.0 Å². The number of hydrogen-bond acceptors (Lipinski definition) is 4. The van der Waals surface area contributed by atoms with Gasteiger partial charge in [-0.3, -0.25) is 4.90 Å². The summed E-state index contributed by atoms with van der Waals surface area (Å²) in [5.41, 5.74) is 6.44. The van der Waals surface area contributed by atoms with Crippen molar-refractivity contribution in [3.05, 3.63) is 29.8 Å². The second-order valence-electron chi connectivity index (χ2n) is 5.05. The van der Waals surface area contributed by atoms with Crippen molar-refractivity contribution in [1.82, 2.24) is 4.90 Å². The molecule has 0 unspecified atom stereocenters. The van der Waals surface area contributed by atoms with E-state index in [1.165, 1.54) is 0 Å². The number of para-hydroxylation sites is 1. The number of benzene rings is 1. The largest absolute Gasteiger partial charge is 0.492 e. The smallest absolute Gasteiger partial charge is 0.123 e. The number of nitrogens with zero attached hydrogens (tertiary/aromatic N) is 1. The molecule has 0 saturated heterocycles. The first-order valence-corrected chi connectivity index (χ1v) is 6.24. The quantitative estimate of drug-likeness (QED) is 0.766. The van der Waals surface area contributed by atoms with E-state index in [0.717, 1.165) is 17.9 Å². The lowest BCUT2D eigenvalue weighted by Crippen LogP contribution is -2.45. The molecule has 0 aliphatic carbocycles. The van der Waals surface area contributed by atoms with Gasteiger partial charge in [0, 0.05) is 24.2 Å². The summed E-state index contributed by atoms with van der Waals surface area (Å²) in [7, 11) is 1.98. The summed E-state index contributed by atoms with van der Waals surface area (Å²) in [5, 5.41) is 9.26. The zero-order valence-electron chi connectivity index (χ0n) is 11.5. The topological polar surface area (TPSA) is 58.7 Å². The zero-order chi connectivity index (χ0) is 13.6. The average Bonchev–Trinajstić information content (AvgIpc) is 2.39. The zero-order valence-corrected chi connectivity index (χ0v) is 11.5. The van der Waals surface area contributed by atoms with Gasteiger partial charge in [-0.15, -0.1) is 0 Å². The van der Waals surface area contributed by atoms with E-state index in [0.29, 0.717) is 13.2 Å². The van der Waals surface area contributed by atoms with Gasteiger partial charge in [-0.1, -0.05) is 18.2 Å². The Bertz CT molecular complexity index is 367. The summed E-state index contributed by atoms with van der Waals surface area (Å²) >= 11 is 0. The van der Waals surface area contributed by atoms with Crippen molar-refractivity contribution in [2.45, 2.75) is 25.9 Å². The normalized spacial score (nSPS) is 11.9. The highest BCUT2D eigenvalue weighted by molar-refractivity contribution is 5.32. The second-order valence-corrected chi connectivity index (χ2v) is 5.05. The highest BCUT2D eigenvalue weighted by Crippen LogP contribution is 2.17. The van der Waals surface area contributed by atoms with Crippen LogP contribution in [-0.2, 0) is 6.54 Å². The van der Waals surface area contributed by atoms with Gasteiger partial charge in [-0.25, -0.2) is 0 Å². The van der Waals surface area contributed by atoms with Crippen LogP contribution < -0.4 is 10.5 Å². The Morgan fingerprint density at radius 2 is 2.00 bits per heavy atom. The van der Waals surface area contributed by atoms with Crippen molar-refractivity contribution >= 4 is 0 Å². The number of hydrogen-bond donors (Lipinski definition) is 2. The fraction of sp³-hybridized carbons (Fsp3) is 0.571. The van der Waals surface area contributed by atoms with Crippen molar-refractivity contribution in [1.29, 1.82) is 0 Å². The van der Waals surface area contributed by atoms with Crippen LogP contribution in [0.4, 0.5) is 0 Å². The van der Waals surface area contributed by atoms with Crippen molar-refractivity contribution in [3.8, 4) is 5.75 Å². The summed E-state index contributed by atoms with van der Waals surface area (Å²) in [6, 6.07) is 7.79. The molecular formula is C14H24N2O2. The molecule has 0 fully saturated rings. The van der Waals surface area contributed by atoms with E-state index in [1.54, 1.807) is 0 Å². The molecule has 102 valence electrons. The average molecular weight is 252 g/mol. The van der Waals surface area contributed by atoms with Gasteiger partial charge in [0.15, 0.2) is 0 Å². The van der Waals surface area contributed by atoms with Crippen molar-refractivity contribution in [2.24, 2.45) is 5.73 Å². The van der Waals surface area contributed by atoms with Crippen LogP contribution in [-0.4, -0.2) is 42.4 Å². The van der Waals surface area contributed by atoms with E-state index in [4.69, 9.17) is 10.5 Å². The van der Waals surface area contributed by atoms with Crippen LogP contribution in [0.25, 0.3) is 0 Å². The van der Waals surface area contributed by atoms with Gasteiger partial charge in [-0.2, -0.15) is 0 Å².